The van der Waals surface area contributed by atoms with Crippen LogP contribution in [-0.2, 0) is 0 Å². The van der Waals surface area contributed by atoms with Crippen molar-refractivity contribution in [3.8, 4) is 11.3 Å². The highest BCUT2D eigenvalue weighted by Gasteiger charge is 2.07. The van der Waals surface area contributed by atoms with E-state index >= 15 is 0 Å². The summed E-state index contributed by atoms with van der Waals surface area (Å²) >= 11 is 0. The van der Waals surface area contributed by atoms with Crippen LogP contribution in [0.4, 0.5) is 4.39 Å². The third-order valence-electron chi connectivity index (χ3n) is 2.26. The van der Waals surface area contributed by atoms with Crippen LogP contribution in [-0.4, -0.2) is 9.97 Å². The number of aromatic nitrogens is 2. The van der Waals surface area contributed by atoms with Gasteiger partial charge in [-0.05, 0) is 26.0 Å². The summed E-state index contributed by atoms with van der Waals surface area (Å²) in [6, 6.07) is 6.03. The molecule has 0 amide bonds. The van der Waals surface area contributed by atoms with Crippen LogP contribution in [0.15, 0.2) is 29.1 Å². The molecule has 0 bridgehead atoms. The second-order valence-corrected chi connectivity index (χ2v) is 3.70. The van der Waals surface area contributed by atoms with Crippen molar-refractivity contribution in [3.05, 3.63) is 51.8 Å². The molecule has 4 heteroatoms. The van der Waals surface area contributed by atoms with Crippen LogP contribution in [0.3, 0.4) is 0 Å². The Morgan fingerprint density at radius 1 is 1.25 bits per heavy atom. The summed E-state index contributed by atoms with van der Waals surface area (Å²) in [4.78, 5) is 17.9. The van der Waals surface area contributed by atoms with Crippen molar-refractivity contribution in [2.24, 2.45) is 0 Å². The molecule has 1 aromatic carbocycles. The third kappa shape index (κ3) is 2.00. The van der Waals surface area contributed by atoms with Crippen LogP contribution in [0, 0.1) is 19.7 Å². The average Bonchev–Trinajstić information content (AvgIpc) is 2.20. The molecule has 0 radical (unpaired) electrons. The number of halogens is 1. The quantitative estimate of drug-likeness (QED) is 0.797. The zero-order chi connectivity index (χ0) is 11.7. The number of aryl methyl sites for hydroxylation is 2. The Kier molecular flexibility index (Phi) is 2.56. The van der Waals surface area contributed by atoms with Gasteiger partial charge in [0.2, 0.25) is 0 Å². The first-order valence-corrected chi connectivity index (χ1v) is 4.91. The summed E-state index contributed by atoms with van der Waals surface area (Å²) in [6.07, 6.45) is 0. The van der Waals surface area contributed by atoms with E-state index in [9.17, 15) is 9.18 Å². The number of hydrogen-bond donors (Lipinski definition) is 1. The number of nitrogens with zero attached hydrogens (tertiary/aromatic N) is 1. The lowest BCUT2D eigenvalue weighted by Crippen LogP contribution is -2.08. The van der Waals surface area contributed by atoms with Crippen molar-refractivity contribution in [1.29, 1.82) is 0 Å². The molecule has 2 rings (SSSR count). The molecule has 0 atom stereocenters. The summed E-state index contributed by atoms with van der Waals surface area (Å²) in [7, 11) is 0. The molecule has 0 spiro atoms. The largest absolute Gasteiger partial charge is 0.311 e. The van der Waals surface area contributed by atoms with Crippen LogP contribution in [0.1, 0.15) is 11.4 Å². The molecule has 16 heavy (non-hydrogen) atoms. The van der Waals surface area contributed by atoms with Crippen LogP contribution < -0.4 is 5.56 Å². The lowest BCUT2D eigenvalue weighted by atomic mass is 10.1. The Morgan fingerprint density at radius 3 is 2.69 bits per heavy atom. The summed E-state index contributed by atoms with van der Waals surface area (Å²) in [5.41, 5.74) is 1.37. The first-order chi connectivity index (χ1) is 7.56. The number of nitrogens with one attached hydrogen (secondary N) is 1. The SMILES string of the molecule is Cc1ccc(F)c(-c2cc(=O)[nH]c(C)n2)c1. The van der Waals surface area contributed by atoms with Crippen molar-refractivity contribution < 1.29 is 4.39 Å². The minimum atomic E-state index is -0.372. The highest BCUT2D eigenvalue weighted by atomic mass is 19.1. The van der Waals surface area contributed by atoms with Crippen molar-refractivity contribution in [2.45, 2.75) is 13.8 Å². The zero-order valence-electron chi connectivity index (χ0n) is 9.04. The molecule has 0 saturated heterocycles. The van der Waals surface area contributed by atoms with E-state index in [0.29, 0.717) is 17.1 Å². The maximum absolute atomic E-state index is 13.6. The molecule has 3 nitrogen and oxygen atoms in total. The fourth-order valence-electron chi connectivity index (χ4n) is 1.55. The number of hydrogen-bond acceptors (Lipinski definition) is 2. The topological polar surface area (TPSA) is 45.8 Å². The van der Waals surface area contributed by atoms with Crippen molar-refractivity contribution in [3.63, 3.8) is 0 Å². The predicted octanol–water partition coefficient (Wildman–Crippen LogP) is 2.19. The fourth-order valence-corrected chi connectivity index (χ4v) is 1.55. The van der Waals surface area contributed by atoms with Gasteiger partial charge in [0.05, 0.1) is 5.69 Å². The van der Waals surface area contributed by atoms with Gasteiger partial charge in [-0.15, -0.1) is 0 Å². The number of benzene rings is 1. The van der Waals surface area contributed by atoms with E-state index < -0.39 is 0 Å². The fraction of sp³-hybridized carbons (Fsp3) is 0.167. The highest BCUT2D eigenvalue weighted by Crippen LogP contribution is 2.20. The van der Waals surface area contributed by atoms with E-state index in [-0.39, 0.29) is 11.4 Å². The molecule has 0 fully saturated rings. The number of aromatic amines is 1. The lowest BCUT2D eigenvalue weighted by molar-refractivity contribution is 0.630. The first-order valence-electron chi connectivity index (χ1n) is 4.91. The van der Waals surface area contributed by atoms with Gasteiger partial charge in [0.15, 0.2) is 0 Å². The van der Waals surface area contributed by atoms with Crippen LogP contribution in [0.2, 0.25) is 0 Å². The van der Waals surface area contributed by atoms with Gasteiger partial charge in [0.1, 0.15) is 11.6 Å². The Balaban J connectivity index is 2.66. The monoisotopic (exact) mass is 218 g/mol. The Labute approximate surface area is 92.0 Å². The molecule has 0 aliphatic heterocycles. The summed E-state index contributed by atoms with van der Waals surface area (Å²) < 4.78 is 13.6. The van der Waals surface area contributed by atoms with Gasteiger partial charge >= 0.3 is 0 Å². The number of H-pyrrole nitrogens is 1. The molecule has 0 saturated carbocycles. The first kappa shape index (κ1) is 10.5. The van der Waals surface area contributed by atoms with E-state index in [1.165, 1.54) is 12.1 Å². The number of rotatable bonds is 1. The van der Waals surface area contributed by atoms with Gasteiger partial charge in [0, 0.05) is 11.6 Å². The van der Waals surface area contributed by atoms with E-state index in [1.54, 1.807) is 19.1 Å². The molecule has 1 N–H and O–H groups in total. The molecule has 0 unspecified atom stereocenters. The van der Waals surface area contributed by atoms with Crippen molar-refractivity contribution in [2.75, 3.05) is 0 Å². The van der Waals surface area contributed by atoms with E-state index in [2.05, 4.69) is 9.97 Å². The second kappa shape index (κ2) is 3.89. The van der Waals surface area contributed by atoms with E-state index in [1.807, 2.05) is 6.92 Å². The summed E-state index contributed by atoms with van der Waals surface area (Å²) in [6.45, 7) is 3.53. The van der Waals surface area contributed by atoms with Gasteiger partial charge in [-0.3, -0.25) is 4.79 Å². The van der Waals surface area contributed by atoms with Crippen molar-refractivity contribution >= 4 is 0 Å². The van der Waals surface area contributed by atoms with Gasteiger partial charge < -0.3 is 4.98 Å². The third-order valence-corrected chi connectivity index (χ3v) is 2.26. The zero-order valence-corrected chi connectivity index (χ0v) is 9.04. The lowest BCUT2D eigenvalue weighted by Gasteiger charge is -2.04. The molecule has 82 valence electrons. The smallest absolute Gasteiger partial charge is 0.251 e. The maximum Gasteiger partial charge on any atom is 0.251 e. The molecular weight excluding hydrogens is 207 g/mol. The minimum Gasteiger partial charge on any atom is -0.311 e. The van der Waals surface area contributed by atoms with Gasteiger partial charge in [-0.1, -0.05) is 11.6 Å². The molecule has 1 aromatic heterocycles. The average molecular weight is 218 g/mol. The minimum absolute atomic E-state index is 0.275. The maximum atomic E-state index is 13.6. The van der Waals surface area contributed by atoms with Crippen LogP contribution in [0.25, 0.3) is 11.3 Å². The van der Waals surface area contributed by atoms with Crippen LogP contribution >= 0.6 is 0 Å². The molecule has 2 aromatic rings. The van der Waals surface area contributed by atoms with Gasteiger partial charge in [0.25, 0.3) is 5.56 Å². The highest BCUT2D eigenvalue weighted by molar-refractivity contribution is 5.60. The standard InChI is InChI=1S/C12H11FN2O/c1-7-3-4-10(13)9(5-7)11-6-12(16)15-8(2)14-11/h3-6H,1-2H3,(H,14,15,16). The second-order valence-electron chi connectivity index (χ2n) is 3.70. The molecule has 0 aliphatic rings. The summed E-state index contributed by atoms with van der Waals surface area (Å²) in [5.74, 6) is 0.103. The van der Waals surface area contributed by atoms with E-state index in [4.69, 9.17) is 0 Å². The Morgan fingerprint density at radius 2 is 2.00 bits per heavy atom. The summed E-state index contributed by atoms with van der Waals surface area (Å²) in [5, 5.41) is 0. The van der Waals surface area contributed by atoms with Gasteiger partial charge in [-0.25, -0.2) is 9.37 Å². The normalized spacial score (nSPS) is 10.4. The molecule has 1 heterocycles. The van der Waals surface area contributed by atoms with Gasteiger partial charge in [-0.2, -0.15) is 0 Å². The van der Waals surface area contributed by atoms with E-state index in [0.717, 1.165) is 5.56 Å². The molecule has 0 aliphatic carbocycles. The van der Waals surface area contributed by atoms with Crippen molar-refractivity contribution in [1.82, 2.24) is 9.97 Å². The predicted molar refractivity (Wildman–Crippen MR) is 59.7 cm³/mol. The Hall–Kier alpha value is -1.97. The Bertz CT molecular complexity index is 590. The van der Waals surface area contributed by atoms with Crippen LogP contribution in [0.5, 0.6) is 0 Å². The molecular formula is C12H11FN2O.